The molecule has 0 radical (unpaired) electrons. The summed E-state index contributed by atoms with van der Waals surface area (Å²) in [6.07, 6.45) is 1.69. The topological polar surface area (TPSA) is 64.6 Å². The Balaban J connectivity index is 2.55. The highest BCUT2D eigenvalue weighted by molar-refractivity contribution is 5.89. The predicted octanol–water partition coefficient (Wildman–Crippen LogP) is 3.68. The van der Waals surface area contributed by atoms with Gasteiger partial charge < -0.3 is 18.6 Å². The second-order valence-corrected chi connectivity index (χ2v) is 4.53. The molecule has 114 valence electrons. The zero-order valence-corrected chi connectivity index (χ0v) is 13.0. The molecule has 2 aromatic rings. The molecule has 0 N–H and O–H groups in total. The minimum Gasteiger partial charge on any atom is -0.496 e. The van der Waals surface area contributed by atoms with Gasteiger partial charge in [0.05, 0.1) is 26.9 Å². The summed E-state index contributed by atoms with van der Waals surface area (Å²) >= 11 is 0. The first-order chi connectivity index (χ1) is 10.6. The zero-order chi connectivity index (χ0) is 16.1. The van der Waals surface area contributed by atoms with Crippen LogP contribution in [0, 0.1) is 18.3 Å². The fourth-order valence-electron chi connectivity index (χ4n) is 2.06. The lowest BCUT2D eigenvalue weighted by Gasteiger charge is -2.12. The van der Waals surface area contributed by atoms with Crippen molar-refractivity contribution in [2.24, 2.45) is 0 Å². The molecule has 0 bridgehead atoms. The van der Waals surface area contributed by atoms with Gasteiger partial charge in [0.1, 0.15) is 23.3 Å². The Morgan fingerprint density at radius 2 is 1.68 bits per heavy atom. The van der Waals surface area contributed by atoms with Crippen LogP contribution in [0.25, 0.3) is 11.6 Å². The van der Waals surface area contributed by atoms with Crippen molar-refractivity contribution in [2.75, 3.05) is 21.3 Å². The Bertz CT molecular complexity index is 738. The summed E-state index contributed by atoms with van der Waals surface area (Å²) in [6, 6.07) is 9.18. The van der Waals surface area contributed by atoms with E-state index in [1.54, 1.807) is 45.6 Å². The lowest BCUT2D eigenvalue weighted by atomic mass is 10.1. The minimum atomic E-state index is 0.401. The van der Waals surface area contributed by atoms with Crippen LogP contribution in [0.15, 0.2) is 28.7 Å². The third-order valence-corrected chi connectivity index (χ3v) is 3.16. The number of aryl methyl sites for hydroxylation is 1. The summed E-state index contributed by atoms with van der Waals surface area (Å²) in [5, 5.41) is 9.37. The lowest BCUT2D eigenvalue weighted by Crippen LogP contribution is -1.94. The molecule has 5 heteroatoms. The molecule has 1 aromatic heterocycles. The first-order valence-corrected chi connectivity index (χ1v) is 6.61. The van der Waals surface area contributed by atoms with E-state index in [4.69, 9.17) is 18.6 Å². The summed E-state index contributed by atoms with van der Waals surface area (Å²) in [4.78, 5) is 0. The second-order valence-electron chi connectivity index (χ2n) is 4.53. The van der Waals surface area contributed by atoms with E-state index in [2.05, 4.69) is 6.07 Å². The molecule has 1 aromatic carbocycles. The van der Waals surface area contributed by atoms with Gasteiger partial charge in [0, 0.05) is 11.6 Å². The highest BCUT2D eigenvalue weighted by Crippen LogP contribution is 2.36. The molecule has 0 saturated carbocycles. The molecular weight excluding hydrogens is 282 g/mol. The van der Waals surface area contributed by atoms with Crippen molar-refractivity contribution in [1.82, 2.24) is 0 Å². The Hall–Kier alpha value is -2.87. The van der Waals surface area contributed by atoms with Crippen LogP contribution >= 0.6 is 0 Å². The van der Waals surface area contributed by atoms with Gasteiger partial charge in [-0.05, 0) is 31.2 Å². The van der Waals surface area contributed by atoms with Gasteiger partial charge in [-0.15, -0.1) is 0 Å². The maximum absolute atomic E-state index is 9.37. The average molecular weight is 299 g/mol. The molecular formula is C17H17NO4. The smallest absolute Gasteiger partial charge is 0.164 e. The van der Waals surface area contributed by atoms with E-state index in [-0.39, 0.29) is 0 Å². The van der Waals surface area contributed by atoms with Gasteiger partial charge in [-0.1, -0.05) is 0 Å². The number of ether oxygens (including phenoxy) is 3. The number of nitriles is 1. The van der Waals surface area contributed by atoms with Crippen molar-refractivity contribution in [1.29, 1.82) is 5.26 Å². The fourth-order valence-corrected chi connectivity index (χ4v) is 2.06. The van der Waals surface area contributed by atoms with Gasteiger partial charge >= 0.3 is 0 Å². The van der Waals surface area contributed by atoms with E-state index in [0.717, 1.165) is 5.76 Å². The number of benzene rings is 1. The predicted molar refractivity (Wildman–Crippen MR) is 83.0 cm³/mol. The molecule has 1 heterocycles. The molecule has 0 amide bonds. The summed E-state index contributed by atoms with van der Waals surface area (Å²) < 4.78 is 21.4. The standard InChI is InChI=1S/C17H17NO4/c1-11-5-6-14(22-11)13(10-18)7-12-8-16(20-3)17(21-4)9-15(12)19-2/h5-9H,1-4H3/b13-7+. The minimum absolute atomic E-state index is 0.401. The molecule has 0 unspecified atom stereocenters. The molecule has 0 atom stereocenters. The number of furan rings is 1. The van der Waals surface area contributed by atoms with E-state index < -0.39 is 0 Å². The normalized spacial score (nSPS) is 11.0. The number of hydrogen-bond donors (Lipinski definition) is 0. The SMILES string of the molecule is COc1cc(OC)c(OC)cc1/C=C(\C#N)c1ccc(C)o1. The van der Waals surface area contributed by atoms with Crippen LogP contribution in [0.1, 0.15) is 17.1 Å². The van der Waals surface area contributed by atoms with Gasteiger partial charge in [0.2, 0.25) is 0 Å². The van der Waals surface area contributed by atoms with E-state index in [1.807, 2.05) is 13.0 Å². The Morgan fingerprint density at radius 3 is 2.18 bits per heavy atom. The third-order valence-electron chi connectivity index (χ3n) is 3.16. The van der Waals surface area contributed by atoms with Crippen LogP contribution in [0.3, 0.4) is 0 Å². The monoisotopic (exact) mass is 299 g/mol. The van der Waals surface area contributed by atoms with Crippen molar-refractivity contribution in [3.63, 3.8) is 0 Å². The summed E-state index contributed by atoms with van der Waals surface area (Å²) in [6.45, 7) is 1.83. The van der Waals surface area contributed by atoms with Crippen LogP contribution in [0.2, 0.25) is 0 Å². The summed E-state index contributed by atoms with van der Waals surface area (Å²) in [7, 11) is 4.67. The van der Waals surface area contributed by atoms with Gasteiger partial charge in [-0.25, -0.2) is 0 Å². The van der Waals surface area contributed by atoms with Crippen molar-refractivity contribution < 1.29 is 18.6 Å². The molecule has 0 saturated heterocycles. The maximum atomic E-state index is 9.37. The molecule has 0 aliphatic rings. The van der Waals surface area contributed by atoms with E-state index in [0.29, 0.717) is 34.1 Å². The van der Waals surface area contributed by atoms with Gasteiger partial charge in [-0.2, -0.15) is 5.26 Å². The quantitative estimate of drug-likeness (QED) is 0.788. The molecule has 0 spiro atoms. The van der Waals surface area contributed by atoms with Crippen molar-refractivity contribution >= 4 is 11.6 Å². The van der Waals surface area contributed by atoms with Crippen LogP contribution < -0.4 is 14.2 Å². The van der Waals surface area contributed by atoms with Gasteiger partial charge in [0.25, 0.3) is 0 Å². The summed E-state index contributed by atoms with van der Waals surface area (Å²) in [5.41, 5.74) is 1.10. The molecule has 0 aliphatic heterocycles. The fraction of sp³-hybridized carbons (Fsp3) is 0.235. The Morgan fingerprint density at radius 1 is 1.05 bits per heavy atom. The first kappa shape index (κ1) is 15.5. The molecule has 5 nitrogen and oxygen atoms in total. The van der Waals surface area contributed by atoms with Crippen LogP contribution in [-0.2, 0) is 0 Å². The third kappa shape index (κ3) is 3.07. The number of methoxy groups -OCH3 is 3. The first-order valence-electron chi connectivity index (χ1n) is 6.61. The van der Waals surface area contributed by atoms with Crippen LogP contribution in [0.5, 0.6) is 17.2 Å². The number of rotatable bonds is 5. The van der Waals surface area contributed by atoms with Crippen molar-refractivity contribution in [3.8, 4) is 23.3 Å². The zero-order valence-electron chi connectivity index (χ0n) is 13.0. The molecule has 22 heavy (non-hydrogen) atoms. The van der Waals surface area contributed by atoms with E-state index in [1.165, 1.54) is 0 Å². The van der Waals surface area contributed by atoms with Gasteiger partial charge in [0.15, 0.2) is 11.5 Å². The van der Waals surface area contributed by atoms with Crippen LogP contribution in [0.4, 0.5) is 0 Å². The van der Waals surface area contributed by atoms with Crippen molar-refractivity contribution in [2.45, 2.75) is 6.92 Å². The summed E-state index contributed by atoms with van der Waals surface area (Å²) in [5.74, 6) is 2.95. The number of hydrogen-bond acceptors (Lipinski definition) is 5. The second kappa shape index (κ2) is 6.72. The lowest BCUT2D eigenvalue weighted by molar-refractivity contribution is 0.348. The van der Waals surface area contributed by atoms with E-state index >= 15 is 0 Å². The average Bonchev–Trinajstić information content (AvgIpc) is 2.97. The Kier molecular flexibility index (Phi) is 4.74. The maximum Gasteiger partial charge on any atom is 0.164 e. The van der Waals surface area contributed by atoms with Crippen molar-refractivity contribution in [3.05, 3.63) is 41.3 Å². The molecule has 0 fully saturated rings. The number of allylic oxidation sites excluding steroid dienone is 1. The molecule has 2 rings (SSSR count). The van der Waals surface area contributed by atoms with E-state index in [9.17, 15) is 5.26 Å². The highest BCUT2D eigenvalue weighted by Gasteiger charge is 2.13. The largest absolute Gasteiger partial charge is 0.496 e. The highest BCUT2D eigenvalue weighted by atomic mass is 16.5. The van der Waals surface area contributed by atoms with Crippen LogP contribution in [-0.4, -0.2) is 21.3 Å². The number of nitrogens with zero attached hydrogens (tertiary/aromatic N) is 1. The molecule has 0 aliphatic carbocycles. The Labute approximate surface area is 129 Å². The van der Waals surface area contributed by atoms with Gasteiger partial charge in [-0.3, -0.25) is 0 Å².